The fraction of sp³-hybridized carbons (Fsp3) is 0.571. The molecule has 0 saturated carbocycles. The zero-order valence-corrected chi connectivity index (χ0v) is 13.3. The van der Waals surface area contributed by atoms with Crippen LogP contribution < -0.4 is 5.32 Å². The van der Waals surface area contributed by atoms with Gasteiger partial charge < -0.3 is 10.4 Å². The van der Waals surface area contributed by atoms with Crippen LogP contribution in [-0.2, 0) is 17.0 Å². The first-order valence-corrected chi connectivity index (χ1v) is 8.66. The summed E-state index contributed by atoms with van der Waals surface area (Å²) in [7, 11) is 0. The van der Waals surface area contributed by atoms with E-state index >= 15 is 0 Å². The van der Waals surface area contributed by atoms with E-state index < -0.39 is 11.9 Å². The Hall–Kier alpha value is -1.01. The summed E-state index contributed by atoms with van der Waals surface area (Å²) < 4.78 is 0. The number of hydrogen-bond donors (Lipinski definition) is 2. The molecule has 0 aromatic carbocycles. The van der Waals surface area contributed by atoms with E-state index in [0.717, 1.165) is 17.9 Å². The molecule has 1 unspecified atom stereocenters. The molecule has 110 valence electrons. The van der Waals surface area contributed by atoms with Crippen molar-refractivity contribution in [1.29, 1.82) is 0 Å². The van der Waals surface area contributed by atoms with E-state index in [4.69, 9.17) is 5.11 Å². The van der Waals surface area contributed by atoms with E-state index in [1.165, 1.54) is 21.8 Å². The lowest BCUT2D eigenvalue weighted by molar-refractivity contribution is -0.142. The van der Waals surface area contributed by atoms with Gasteiger partial charge in [-0.15, -0.1) is 11.3 Å². The molecular formula is C14H19NO3S2. The van der Waals surface area contributed by atoms with Crippen LogP contribution in [0, 0.1) is 11.8 Å². The number of carbonyl (C=O) groups is 2. The van der Waals surface area contributed by atoms with Crippen molar-refractivity contribution >= 4 is 35.0 Å². The highest BCUT2D eigenvalue weighted by atomic mass is 32.2. The van der Waals surface area contributed by atoms with Crippen LogP contribution in [0.3, 0.4) is 0 Å². The number of carbonyl (C=O) groups excluding carboxylic acids is 1. The molecule has 1 aliphatic rings. The van der Waals surface area contributed by atoms with Crippen LogP contribution in [0.15, 0.2) is 6.07 Å². The molecule has 2 rings (SSSR count). The number of aliphatic carboxylic acids is 1. The fourth-order valence-corrected chi connectivity index (χ4v) is 4.45. The van der Waals surface area contributed by atoms with Gasteiger partial charge in [-0.1, -0.05) is 13.8 Å². The molecule has 2 N–H and O–H groups in total. The van der Waals surface area contributed by atoms with Gasteiger partial charge in [0, 0.05) is 17.2 Å². The highest BCUT2D eigenvalue weighted by molar-refractivity contribution is 7.98. The minimum atomic E-state index is -0.859. The van der Waals surface area contributed by atoms with Gasteiger partial charge in [-0.3, -0.25) is 9.59 Å². The van der Waals surface area contributed by atoms with E-state index in [-0.39, 0.29) is 18.4 Å². The third-order valence-corrected chi connectivity index (χ3v) is 5.70. The number of fused-ring (bicyclic) bond motifs is 1. The third kappa shape index (κ3) is 3.55. The molecule has 0 bridgehead atoms. The number of carboxylic acid groups (broad SMARTS) is 1. The van der Waals surface area contributed by atoms with Crippen molar-refractivity contribution in [3.63, 3.8) is 0 Å². The van der Waals surface area contributed by atoms with Crippen LogP contribution in [0.4, 0.5) is 0 Å². The minimum absolute atomic E-state index is 0.000686. The lowest BCUT2D eigenvalue weighted by Gasteiger charge is -2.16. The topological polar surface area (TPSA) is 66.4 Å². The summed E-state index contributed by atoms with van der Waals surface area (Å²) in [5.41, 5.74) is 1.26. The molecule has 0 radical (unpaired) electrons. The Morgan fingerprint density at radius 2 is 2.20 bits per heavy atom. The second kappa shape index (κ2) is 6.63. The first kappa shape index (κ1) is 15.4. The van der Waals surface area contributed by atoms with Crippen LogP contribution in [0.1, 0.15) is 34.0 Å². The van der Waals surface area contributed by atoms with Gasteiger partial charge in [-0.25, -0.2) is 0 Å². The van der Waals surface area contributed by atoms with Crippen LogP contribution in [-0.4, -0.2) is 29.3 Å². The maximum absolute atomic E-state index is 12.1. The van der Waals surface area contributed by atoms with E-state index in [0.29, 0.717) is 4.88 Å². The van der Waals surface area contributed by atoms with Crippen molar-refractivity contribution in [2.75, 3.05) is 12.3 Å². The molecule has 1 aliphatic heterocycles. The van der Waals surface area contributed by atoms with E-state index in [1.807, 2.05) is 31.7 Å². The molecule has 20 heavy (non-hydrogen) atoms. The van der Waals surface area contributed by atoms with Gasteiger partial charge >= 0.3 is 5.97 Å². The van der Waals surface area contributed by atoms with E-state index in [2.05, 4.69) is 5.32 Å². The Labute approximate surface area is 127 Å². The Bertz CT molecular complexity index is 487. The number of nitrogens with one attached hydrogen (secondary N) is 1. The molecule has 1 amide bonds. The summed E-state index contributed by atoms with van der Waals surface area (Å²) in [5, 5.41) is 11.9. The average molecular weight is 313 g/mol. The number of thioether (sulfide) groups is 1. The first-order valence-electron chi connectivity index (χ1n) is 6.69. The van der Waals surface area contributed by atoms with Gasteiger partial charge in [0.25, 0.3) is 5.91 Å². The molecule has 0 spiro atoms. The van der Waals surface area contributed by atoms with Crippen LogP contribution in [0.25, 0.3) is 0 Å². The van der Waals surface area contributed by atoms with Crippen LogP contribution >= 0.6 is 23.1 Å². The monoisotopic (exact) mass is 313 g/mol. The molecule has 4 nitrogen and oxygen atoms in total. The van der Waals surface area contributed by atoms with Gasteiger partial charge in [0.1, 0.15) is 0 Å². The summed E-state index contributed by atoms with van der Waals surface area (Å²) in [6.07, 6.45) is 1.03. The Morgan fingerprint density at radius 3 is 2.80 bits per heavy atom. The van der Waals surface area contributed by atoms with Crippen molar-refractivity contribution in [3.05, 3.63) is 21.4 Å². The molecule has 6 heteroatoms. The van der Waals surface area contributed by atoms with Gasteiger partial charge in [-0.2, -0.15) is 11.8 Å². The SMILES string of the molecule is CC(C)C(CNC(=O)c1cc2c(s1)CCSC2)C(=O)O. The van der Waals surface area contributed by atoms with E-state index in [9.17, 15) is 9.59 Å². The first-order chi connectivity index (χ1) is 9.49. The predicted molar refractivity (Wildman–Crippen MR) is 82.5 cm³/mol. The van der Waals surface area contributed by atoms with Gasteiger partial charge in [-0.05, 0) is 29.7 Å². The Morgan fingerprint density at radius 1 is 1.45 bits per heavy atom. The largest absolute Gasteiger partial charge is 0.481 e. The number of aryl methyl sites for hydroxylation is 1. The lowest BCUT2D eigenvalue weighted by Crippen LogP contribution is -2.35. The van der Waals surface area contributed by atoms with Crippen molar-refractivity contribution in [2.24, 2.45) is 11.8 Å². The molecule has 1 atom stereocenters. The van der Waals surface area contributed by atoms with Crippen molar-refractivity contribution in [1.82, 2.24) is 5.32 Å². The molecule has 0 aliphatic carbocycles. The highest BCUT2D eigenvalue weighted by Gasteiger charge is 2.23. The second-order valence-corrected chi connectivity index (χ2v) is 7.50. The van der Waals surface area contributed by atoms with E-state index in [1.54, 1.807) is 0 Å². The number of carboxylic acids is 1. The summed E-state index contributed by atoms with van der Waals surface area (Å²) in [5.74, 6) is 0.541. The normalized spacial score (nSPS) is 15.8. The standard InChI is InChI=1S/C14H19NO3S2/c1-8(2)10(14(17)18)6-15-13(16)12-5-9-7-19-4-3-11(9)20-12/h5,8,10H,3-4,6-7H2,1-2H3,(H,15,16)(H,17,18). The molecule has 1 aromatic heterocycles. The Balaban J connectivity index is 1.98. The van der Waals surface area contributed by atoms with Gasteiger partial charge in [0.15, 0.2) is 0 Å². The molecule has 1 aromatic rings. The maximum Gasteiger partial charge on any atom is 0.308 e. The molecule has 0 fully saturated rings. The van der Waals surface area contributed by atoms with Crippen LogP contribution in [0.2, 0.25) is 0 Å². The smallest absolute Gasteiger partial charge is 0.308 e. The Kier molecular flexibility index (Phi) is 5.10. The summed E-state index contributed by atoms with van der Waals surface area (Å²) in [4.78, 5) is 25.2. The van der Waals surface area contributed by atoms with Crippen molar-refractivity contribution in [3.8, 4) is 0 Å². The fourth-order valence-electron chi connectivity index (χ4n) is 2.16. The summed E-state index contributed by atoms with van der Waals surface area (Å²) in [6, 6.07) is 1.95. The number of amides is 1. The molecular weight excluding hydrogens is 294 g/mol. The predicted octanol–water partition coefficient (Wildman–Crippen LogP) is 2.62. The zero-order chi connectivity index (χ0) is 14.7. The quantitative estimate of drug-likeness (QED) is 0.877. The average Bonchev–Trinajstić information content (AvgIpc) is 2.81. The molecule has 2 heterocycles. The highest BCUT2D eigenvalue weighted by Crippen LogP contribution is 2.31. The lowest BCUT2D eigenvalue weighted by atomic mass is 9.96. The maximum atomic E-state index is 12.1. The zero-order valence-electron chi connectivity index (χ0n) is 11.6. The number of thiophene rings is 1. The second-order valence-electron chi connectivity index (χ2n) is 5.26. The van der Waals surface area contributed by atoms with Crippen molar-refractivity contribution < 1.29 is 14.7 Å². The number of rotatable bonds is 5. The summed E-state index contributed by atoms with van der Waals surface area (Å²) in [6.45, 7) is 3.89. The van der Waals surface area contributed by atoms with Gasteiger partial charge in [0.2, 0.25) is 0 Å². The summed E-state index contributed by atoms with van der Waals surface area (Å²) >= 11 is 3.43. The van der Waals surface area contributed by atoms with Gasteiger partial charge in [0.05, 0.1) is 10.8 Å². The number of hydrogen-bond acceptors (Lipinski definition) is 4. The third-order valence-electron chi connectivity index (χ3n) is 3.46. The minimum Gasteiger partial charge on any atom is -0.481 e. The van der Waals surface area contributed by atoms with Crippen LogP contribution in [0.5, 0.6) is 0 Å². The molecule has 0 saturated heterocycles. The van der Waals surface area contributed by atoms with Crippen molar-refractivity contribution in [2.45, 2.75) is 26.0 Å².